The first kappa shape index (κ1) is 14.6. The molecule has 1 saturated heterocycles. The number of carboxylic acid groups (broad SMARTS) is 1. The van der Waals surface area contributed by atoms with Crippen LogP contribution in [0.1, 0.15) is 32.1 Å². The molecule has 2 amide bonds. The highest BCUT2D eigenvalue weighted by Crippen LogP contribution is 2.48. The van der Waals surface area contributed by atoms with E-state index in [1.807, 2.05) is 0 Å². The number of rotatable bonds is 3. The number of aliphatic hydroxyl groups excluding tert-OH is 1. The number of likely N-dealkylation sites (tertiary alicyclic amines) is 1. The third-order valence-corrected chi connectivity index (χ3v) is 5.65. The third kappa shape index (κ3) is 2.73. The van der Waals surface area contributed by atoms with Crippen LogP contribution in [0.25, 0.3) is 0 Å². The second kappa shape index (κ2) is 5.83. The molecule has 2 aliphatic carbocycles. The molecular formula is C15H24N2O4. The van der Waals surface area contributed by atoms with Crippen molar-refractivity contribution in [3.8, 4) is 0 Å². The van der Waals surface area contributed by atoms with Crippen molar-refractivity contribution >= 4 is 12.0 Å². The molecule has 1 heterocycles. The fraction of sp³-hybridized carbons (Fsp3) is 0.867. The Hall–Kier alpha value is -1.30. The van der Waals surface area contributed by atoms with E-state index in [4.69, 9.17) is 5.11 Å². The zero-order chi connectivity index (χ0) is 15.0. The highest BCUT2D eigenvalue weighted by Gasteiger charge is 2.51. The topological polar surface area (TPSA) is 89.9 Å². The molecule has 3 aliphatic rings. The molecular weight excluding hydrogens is 272 g/mol. The lowest BCUT2D eigenvalue weighted by molar-refractivity contribution is -0.144. The van der Waals surface area contributed by atoms with E-state index in [1.54, 1.807) is 4.90 Å². The first-order valence-corrected chi connectivity index (χ1v) is 7.99. The summed E-state index contributed by atoms with van der Waals surface area (Å²) in [5.41, 5.74) is 0. The number of piperidine rings is 1. The van der Waals surface area contributed by atoms with Gasteiger partial charge in [-0.3, -0.25) is 4.79 Å². The standard InChI is InChI=1S/C15H24N2O4/c18-8-9-3-5-17(6-4-9)15(21)16-13-11-2-1-10(7-11)12(13)14(19)20/h9-13,18H,1-8H2,(H,16,21)(H,19,20). The van der Waals surface area contributed by atoms with E-state index in [9.17, 15) is 14.7 Å². The number of aliphatic hydroxyl groups is 1. The smallest absolute Gasteiger partial charge is 0.317 e. The summed E-state index contributed by atoms with van der Waals surface area (Å²) in [4.78, 5) is 25.6. The van der Waals surface area contributed by atoms with E-state index in [2.05, 4.69) is 5.32 Å². The van der Waals surface area contributed by atoms with Crippen LogP contribution in [0.5, 0.6) is 0 Å². The first-order valence-electron chi connectivity index (χ1n) is 7.99. The number of hydrogen-bond acceptors (Lipinski definition) is 3. The number of carbonyl (C=O) groups is 2. The lowest BCUT2D eigenvalue weighted by atomic mass is 9.84. The molecule has 3 N–H and O–H groups in total. The molecule has 2 bridgehead atoms. The Morgan fingerprint density at radius 3 is 2.38 bits per heavy atom. The number of carboxylic acids is 1. The van der Waals surface area contributed by atoms with Crippen molar-refractivity contribution in [2.75, 3.05) is 19.7 Å². The van der Waals surface area contributed by atoms with Gasteiger partial charge in [0, 0.05) is 25.7 Å². The minimum atomic E-state index is -0.772. The van der Waals surface area contributed by atoms with Gasteiger partial charge in [-0.2, -0.15) is 0 Å². The van der Waals surface area contributed by atoms with Crippen molar-refractivity contribution in [1.82, 2.24) is 10.2 Å². The van der Waals surface area contributed by atoms with Gasteiger partial charge in [0.1, 0.15) is 0 Å². The van der Waals surface area contributed by atoms with Crippen LogP contribution >= 0.6 is 0 Å². The van der Waals surface area contributed by atoms with E-state index in [0.717, 1.165) is 32.1 Å². The predicted molar refractivity (Wildman–Crippen MR) is 75.7 cm³/mol. The first-order chi connectivity index (χ1) is 10.1. The van der Waals surface area contributed by atoms with Gasteiger partial charge < -0.3 is 20.4 Å². The second-order valence-corrected chi connectivity index (χ2v) is 6.79. The summed E-state index contributed by atoms with van der Waals surface area (Å²) < 4.78 is 0. The van der Waals surface area contributed by atoms with Gasteiger partial charge in [0.25, 0.3) is 0 Å². The van der Waals surface area contributed by atoms with Crippen molar-refractivity contribution in [3.05, 3.63) is 0 Å². The molecule has 3 rings (SSSR count). The number of carbonyl (C=O) groups excluding carboxylic acids is 1. The Kier molecular flexibility index (Phi) is 4.06. The Balaban J connectivity index is 1.58. The summed E-state index contributed by atoms with van der Waals surface area (Å²) in [6.45, 7) is 1.48. The van der Waals surface area contributed by atoms with Crippen molar-refractivity contribution in [3.63, 3.8) is 0 Å². The number of nitrogens with one attached hydrogen (secondary N) is 1. The van der Waals surface area contributed by atoms with Crippen LogP contribution in [0, 0.1) is 23.7 Å². The summed E-state index contributed by atoms with van der Waals surface area (Å²) >= 11 is 0. The van der Waals surface area contributed by atoms with Crippen molar-refractivity contribution < 1.29 is 19.8 Å². The quantitative estimate of drug-likeness (QED) is 0.722. The highest BCUT2D eigenvalue weighted by atomic mass is 16.4. The van der Waals surface area contributed by atoms with Gasteiger partial charge in [-0.15, -0.1) is 0 Å². The summed E-state index contributed by atoms with van der Waals surface area (Å²) in [6, 6.07) is -0.334. The highest BCUT2D eigenvalue weighted by molar-refractivity contribution is 5.77. The maximum atomic E-state index is 12.4. The van der Waals surface area contributed by atoms with Gasteiger partial charge in [-0.05, 0) is 49.9 Å². The number of amides is 2. The monoisotopic (exact) mass is 296 g/mol. The fourth-order valence-corrected chi connectivity index (χ4v) is 4.41. The van der Waals surface area contributed by atoms with Crippen LogP contribution in [0.15, 0.2) is 0 Å². The van der Waals surface area contributed by atoms with Crippen molar-refractivity contribution in [2.24, 2.45) is 23.7 Å². The van der Waals surface area contributed by atoms with Crippen LogP contribution < -0.4 is 5.32 Å². The largest absolute Gasteiger partial charge is 0.481 e. The van der Waals surface area contributed by atoms with Crippen LogP contribution in [-0.4, -0.2) is 52.9 Å². The molecule has 0 spiro atoms. The normalized spacial score (nSPS) is 36.0. The average Bonchev–Trinajstić information content (AvgIpc) is 3.08. The maximum absolute atomic E-state index is 12.4. The number of nitrogens with zero attached hydrogens (tertiary/aromatic N) is 1. The Labute approximate surface area is 124 Å². The molecule has 0 aromatic heterocycles. The molecule has 0 aromatic carbocycles. The van der Waals surface area contributed by atoms with E-state index in [1.165, 1.54) is 0 Å². The lowest BCUT2D eigenvalue weighted by Gasteiger charge is -2.35. The zero-order valence-electron chi connectivity index (χ0n) is 12.2. The van der Waals surface area contributed by atoms with Gasteiger partial charge in [-0.25, -0.2) is 4.79 Å². The van der Waals surface area contributed by atoms with E-state index >= 15 is 0 Å². The number of fused-ring (bicyclic) bond motifs is 2. The zero-order valence-corrected chi connectivity index (χ0v) is 12.2. The second-order valence-electron chi connectivity index (χ2n) is 6.79. The molecule has 4 atom stereocenters. The molecule has 2 saturated carbocycles. The van der Waals surface area contributed by atoms with E-state index in [0.29, 0.717) is 24.9 Å². The SMILES string of the molecule is O=C(O)C1C2CCC(C2)C1NC(=O)N1CCC(CO)CC1. The molecule has 4 unspecified atom stereocenters. The Bertz CT molecular complexity index is 420. The van der Waals surface area contributed by atoms with Gasteiger partial charge in [0.2, 0.25) is 0 Å². The molecule has 6 nitrogen and oxygen atoms in total. The minimum absolute atomic E-state index is 0.129. The third-order valence-electron chi connectivity index (χ3n) is 5.65. The minimum Gasteiger partial charge on any atom is -0.481 e. The Morgan fingerprint density at radius 2 is 1.76 bits per heavy atom. The molecule has 0 aromatic rings. The lowest BCUT2D eigenvalue weighted by Crippen LogP contribution is -2.53. The van der Waals surface area contributed by atoms with E-state index < -0.39 is 11.9 Å². The number of hydrogen-bond donors (Lipinski definition) is 3. The van der Waals surface area contributed by atoms with Gasteiger partial charge in [-0.1, -0.05) is 0 Å². The van der Waals surface area contributed by atoms with Gasteiger partial charge in [0.05, 0.1) is 5.92 Å². The number of urea groups is 1. The van der Waals surface area contributed by atoms with Crippen LogP contribution in [0.2, 0.25) is 0 Å². The number of aliphatic carboxylic acids is 1. The van der Waals surface area contributed by atoms with Crippen molar-refractivity contribution in [1.29, 1.82) is 0 Å². The van der Waals surface area contributed by atoms with Crippen molar-refractivity contribution in [2.45, 2.75) is 38.1 Å². The summed E-state index contributed by atoms with van der Waals surface area (Å²) in [5.74, 6) is -0.328. The summed E-state index contributed by atoms with van der Waals surface area (Å²) in [5, 5.41) is 21.5. The average molecular weight is 296 g/mol. The van der Waals surface area contributed by atoms with E-state index in [-0.39, 0.29) is 24.6 Å². The molecule has 0 radical (unpaired) electrons. The van der Waals surface area contributed by atoms with Gasteiger partial charge >= 0.3 is 12.0 Å². The molecule has 118 valence electrons. The van der Waals surface area contributed by atoms with Crippen LogP contribution in [0.4, 0.5) is 4.79 Å². The predicted octanol–water partition coefficient (Wildman–Crippen LogP) is 0.900. The van der Waals surface area contributed by atoms with Gasteiger partial charge in [0.15, 0.2) is 0 Å². The fourth-order valence-electron chi connectivity index (χ4n) is 4.41. The summed E-state index contributed by atoms with van der Waals surface area (Å²) in [6.07, 6.45) is 4.60. The molecule has 3 fully saturated rings. The maximum Gasteiger partial charge on any atom is 0.317 e. The molecule has 1 aliphatic heterocycles. The summed E-state index contributed by atoms with van der Waals surface area (Å²) in [7, 11) is 0. The van der Waals surface area contributed by atoms with Crippen LogP contribution in [0.3, 0.4) is 0 Å². The van der Waals surface area contributed by atoms with Crippen LogP contribution in [-0.2, 0) is 4.79 Å². The molecule has 21 heavy (non-hydrogen) atoms. The Morgan fingerprint density at radius 1 is 1.10 bits per heavy atom. The molecule has 6 heteroatoms.